The van der Waals surface area contributed by atoms with Crippen LogP contribution in [0.5, 0.6) is 0 Å². The molecule has 6 aliphatic heterocycles. The van der Waals surface area contributed by atoms with Gasteiger partial charge in [0.1, 0.15) is 32.0 Å². The molecule has 0 spiro atoms. The summed E-state index contributed by atoms with van der Waals surface area (Å²) >= 11 is 5.11. The zero-order valence-electron chi connectivity index (χ0n) is 49.3. The van der Waals surface area contributed by atoms with E-state index in [0.29, 0.717) is 70.2 Å². The molecule has 0 aromatic heterocycles. The van der Waals surface area contributed by atoms with Crippen LogP contribution < -0.4 is 33.3 Å². The van der Waals surface area contributed by atoms with E-state index in [2.05, 4.69) is 10.6 Å². The average molecular weight is 1240 g/mol. The first-order valence-electron chi connectivity index (χ1n) is 29.2. The van der Waals surface area contributed by atoms with E-state index in [9.17, 15) is 28.8 Å². The van der Waals surface area contributed by atoms with Crippen LogP contribution in [-0.2, 0) is 35.1 Å². The largest absolute Gasteiger partial charge is 1.00 e. The van der Waals surface area contributed by atoms with Crippen molar-refractivity contribution >= 4 is 63.2 Å². The molecule has 6 aromatic carbocycles. The Morgan fingerprint density at radius 2 is 0.847 bits per heavy atom. The van der Waals surface area contributed by atoms with Crippen LogP contribution >= 0.6 is 11.6 Å². The van der Waals surface area contributed by atoms with Crippen molar-refractivity contribution in [1.82, 2.24) is 0 Å². The summed E-state index contributed by atoms with van der Waals surface area (Å²) in [5.74, 6) is 0.492. The summed E-state index contributed by atoms with van der Waals surface area (Å²) in [5.41, 5.74) is 11.4. The van der Waals surface area contributed by atoms with Crippen molar-refractivity contribution in [2.45, 2.75) is 105 Å². The van der Waals surface area contributed by atoms with Crippen LogP contribution in [0.15, 0.2) is 170 Å². The second-order valence-electron chi connectivity index (χ2n) is 25.1. The summed E-state index contributed by atoms with van der Waals surface area (Å²) in [6, 6.07) is 52.2. The Morgan fingerprint density at radius 1 is 0.518 bits per heavy atom. The number of anilines is 3. The molecular formula is C70H86BrClN5O8+. The lowest BCUT2D eigenvalue weighted by molar-refractivity contribution is -0.938. The molecule has 6 fully saturated rings. The van der Waals surface area contributed by atoms with Crippen LogP contribution in [0.4, 0.5) is 17.1 Å². The van der Waals surface area contributed by atoms with Gasteiger partial charge in [-0.2, -0.15) is 0 Å². The molecule has 452 valence electrons. The maximum atomic E-state index is 13.6. The Bertz CT molecular complexity index is 3140. The number of carbonyl (C=O) groups is 6. The highest BCUT2D eigenvalue weighted by atomic mass is 79.9. The van der Waals surface area contributed by atoms with Crippen LogP contribution in [0, 0.1) is 22.7 Å². The lowest BCUT2D eigenvalue weighted by atomic mass is 9.82. The molecule has 0 unspecified atom stereocenters. The summed E-state index contributed by atoms with van der Waals surface area (Å²) in [6.45, 7) is 17.0. The van der Waals surface area contributed by atoms with Gasteiger partial charge in [-0.3, -0.25) is 19.2 Å². The van der Waals surface area contributed by atoms with Crippen LogP contribution in [0.25, 0.3) is 0 Å². The second-order valence-corrected chi connectivity index (χ2v) is 25.5. The maximum Gasteiger partial charge on any atom is 0.333 e. The van der Waals surface area contributed by atoms with Gasteiger partial charge in [0.05, 0.1) is 26.2 Å². The number of nitrogens with two attached hydrogens (primary N) is 1. The van der Waals surface area contributed by atoms with E-state index in [4.69, 9.17) is 26.8 Å². The lowest BCUT2D eigenvalue weighted by Crippen LogP contribution is -3.00. The van der Waals surface area contributed by atoms with Crippen molar-refractivity contribution < 1.29 is 64.2 Å². The van der Waals surface area contributed by atoms with Gasteiger partial charge in [-0.25, -0.2) is 9.59 Å². The molecule has 6 heterocycles. The molecule has 4 N–H and O–H groups in total. The molecule has 13 nitrogen and oxygen atoms in total. The minimum absolute atomic E-state index is 0. The van der Waals surface area contributed by atoms with E-state index >= 15 is 0 Å². The molecule has 6 aromatic rings. The third-order valence-corrected chi connectivity index (χ3v) is 17.3. The van der Waals surface area contributed by atoms with Crippen LogP contribution in [0.1, 0.15) is 124 Å². The second kappa shape index (κ2) is 29.9. The Morgan fingerprint density at radius 3 is 1.18 bits per heavy atom. The first kappa shape index (κ1) is 67.2. The first-order chi connectivity index (χ1) is 39.6. The van der Waals surface area contributed by atoms with Crippen molar-refractivity contribution in [3.63, 3.8) is 0 Å². The van der Waals surface area contributed by atoms with E-state index in [1.807, 2.05) is 166 Å². The van der Waals surface area contributed by atoms with Gasteiger partial charge < -0.3 is 51.8 Å². The van der Waals surface area contributed by atoms with Gasteiger partial charge >= 0.3 is 11.9 Å². The zero-order valence-corrected chi connectivity index (χ0v) is 51.7. The number of benzene rings is 6. The molecule has 0 aliphatic carbocycles. The highest BCUT2D eigenvalue weighted by Gasteiger charge is 2.50. The number of piperidine rings is 6. The van der Waals surface area contributed by atoms with Crippen molar-refractivity contribution in [1.29, 1.82) is 0 Å². The highest BCUT2D eigenvalue weighted by molar-refractivity contribution is 6.64. The van der Waals surface area contributed by atoms with E-state index in [0.717, 1.165) is 79.9 Å². The molecule has 6 saturated heterocycles. The zero-order chi connectivity index (χ0) is 59.4. The van der Waals surface area contributed by atoms with Crippen molar-refractivity contribution in [2.24, 2.45) is 22.7 Å². The molecule has 85 heavy (non-hydrogen) atoms. The number of nitrogens with zero attached hydrogens (tertiary/aromatic N) is 2. The van der Waals surface area contributed by atoms with Gasteiger partial charge in [-0.05, 0) is 76.8 Å². The number of nitrogens with one attached hydrogen (secondary N) is 2. The number of esters is 2. The summed E-state index contributed by atoms with van der Waals surface area (Å²) in [7, 11) is 0. The first-order valence-corrected chi connectivity index (χ1v) is 29.5. The van der Waals surface area contributed by atoms with Crippen molar-refractivity contribution in [2.75, 3.05) is 68.7 Å². The number of Topliss-reactive ketones (excluding diaryl/α,β-unsaturated/α-hetero) is 3. The summed E-state index contributed by atoms with van der Waals surface area (Å²) < 4.78 is 13.8. The van der Waals surface area contributed by atoms with Gasteiger partial charge in [0.25, 0.3) is 0 Å². The molecule has 4 bridgehead atoms. The minimum atomic E-state index is -0.618. The Balaban J connectivity index is 0.000000242. The van der Waals surface area contributed by atoms with Gasteiger partial charge in [0.15, 0.2) is 24.3 Å². The van der Waals surface area contributed by atoms with Crippen LogP contribution in [-0.4, -0.2) is 108 Å². The predicted molar refractivity (Wildman–Crippen MR) is 334 cm³/mol. The number of para-hydroxylation sites is 2. The van der Waals surface area contributed by atoms with Crippen LogP contribution in [0.2, 0.25) is 0 Å². The number of hydrogen-bond donors (Lipinski definition) is 3. The number of quaternary nitrogens is 2. The minimum Gasteiger partial charge on any atom is -1.00 e. The molecule has 0 radical (unpaired) electrons. The molecule has 15 heteroatoms. The quantitative estimate of drug-likeness (QED) is 0.0246. The SMILES string of the molecule is C.CC(C)(C)C(=O)Cc1ccc(C(=O)C[N+]23CCC(CC2)[C@@H](OC(=O)[C@H](Nc2ccccc2)c2ccccc2)C3)cc1.CC(C)(C)C(=O)Cl.Nc1ccc(C(=O)C[N+]23CCC(CC2)[C@@H](OC(=O)[C@H](Nc2ccccc2)c2ccccc2)C3)cc1.[Br-]. The standard InChI is InChI=1S/C35H41N2O4.C29H31N3O3.C5H9ClO.CH4.BrH/c1-35(2,3)32(39)22-25-14-16-26(17-15-25)30(38)23-37-20-18-27(19-21-37)31(24-37)41-34(40)33(28-10-6-4-7-11-28)36-29-12-8-5-9-13-29;30-24-13-11-21(12-14-24)26(33)19-32-17-15-22(16-18-32)27(20-32)35-29(34)28(23-7-3-1-4-8-23)31-25-9-5-2-6-10-25;1-5(2,3)4(6)7;;/h4-17,27,31,33,36H,18-24H2,1-3H3;1-14,22,27-28,31H,15-20H2,(H-,30,33);1-3H3;1H4;1H/q+1;;;;/t27?,31-,33+,37?;22?,27-,28+,32?;;;/m00.../s1. The average Bonchev–Trinajstić information content (AvgIpc) is 2.84. The lowest BCUT2D eigenvalue weighted by Gasteiger charge is -2.51. The normalized spacial score (nSPS) is 21.6. The van der Waals surface area contributed by atoms with E-state index < -0.39 is 12.1 Å². The number of rotatable bonds is 18. The summed E-state index contributed by atoms with van der Waals surface area (Å²) in [5, 5.41) is 6.43. The molecular weight excluding hydrogens is 1150 g/mol. The summed E-state index contributed by atoms with van der Waals surface area (Å²) in [6.07, 6.45) is 3.79. The van der Waals surface area contributed by atoms with Gasteiger partial charge in [-0.15, -0.1) is 0 Å². The van der Waals surface area contributed by atoms with Gasteiger partial charge in [-0.1, -0.05) is 170 Å². The Hall–Kier alpha value is -6.97. The number of carbonyl (C=O) groups excluding carboxylic acids is 6. The molecule has 0 saturated carbocycles. The fourth-order valence-electron chi connectivity index (χ4n) is 11.6. The third kappa shape index (κ3) is 18.5. The smallest absolute Gasteiger partial charge is 0.333 e. The topological polar surface area (TPSA) is 171 Å². The molecule has 6 aliphatic rings. The maximum absolute atomic E-state index is 13.6. The molecule has 0 amide bonds. The third-order valence-electron chi connectivity index (χ3n) is 16.8. The van der Waals surface area contributed by atoms with Crippen molar-refractivity contribution in [3.05, 3.63) is 198 Å². The number of hydrogen-bond acceptors (Lipinski definition) is 11. The Labute approximate surface area is 519 Å². The number of ether oxygens (including phenoxy) is 2. The predicted octanol–water partition coefficient (Wildman–Crippen LogP) is 9.93. The number of ketones is 3. The van der Waals surface area contributed by atoms with E-state index in [1.54, 1.807) is 45.0 Å². The number of nitrogen functional groups attached to an aromatic ring is 1. The number of fused-ring (bicyclic) bond motifs is 6. The monoisotopic (exact) mass is 1240 g/mol. The highest BCUT2D eigenvalue weighted by Crippen LogP contribution is 2.39. The van der Waals surface area contributed by atoms with Gasteiger partial charge in [0, 0.05) is 83.0 Å². The van der Waals surface area contributed by atoms with Crippen molar-refractivity contribution in [3.8, 4) is 0 Å². The molecule has 12 rings (SSSR count). The molecule has 4 atom stereocenters. The van der Waals surface area contributed by atoms with E-state index in [1.165, 1.54) is 0 Å². The van der Waals surface area contributed by atoms with E-state index in [-0.39, 0.29) is 82.0 Å². The fourth-order valence-corrected chi connectivity index (χ4v) is 11.6. The van der Waals surface area contributed by atoms with Crippen LogP contribution in [0.3, 0.4) is 0 Å². The number of halogens is 2. The fraction of sp³-hybridized carbons (Fsp3) is 0.400. The summed E-state index contributed by atoms with van der Waals surface area (Å²) in [4.78, 5) is 76.2. The van der Waals surface area contributed by atoms with Gasteiger partial charge in [0.2, 0.25) is 16.8 Å². The Kier molecular flexibility index (Phi) is 23.6.